The Morgan fingerprint density at radius 2 is 1.50 bits per heavy atom. The van der Waals surface area contributed by atoms with Gasteiger partial charge in [-0.2, -0.15) is 0 Å². The van der Waals surface area contributed by atoms with Crippen molar-refractivity contribution in [3.63, 3.8) is 0 Å². The number of carbonyl (C=O) groups is 1. The first kappa shape index (κ1) is 22.6. The first-order valence-electron chi connectivity index (χ1n) is 8.72. The average Bonchev–Trinajstić information content (AvgIpc) is 2.58. The number of carbonyl (C=O) groups excluding carboxylic acids is 1. The van der Waals surface area contributed by atoms with Gasteiger partial charge in [0.05, 0.1) is 0 Å². The maximum atomic E-state index is 12.6. The second kappa shape index (κ2) is 8.51. The van der Waals surface area contributed by atoms with Gasteiger partial charge in [0.15, 0.2) is 5.78 Å². The Kier molecular flexibility index (Phi) is 7.41. The van der Waals surface area contributed by atoms with Crippen LogP contribution in [0.25, 0.3) is 6.08 Å². The van der Waals surface area contributed by atoms with E-state index in [1.807, 2.05) is 39.8 Å². The smallest absolute Gasteiger partial charge is 0.343 e. The second-order valence-electron chi connectivity index (χ2n) is 7.48. The summed E-state index contributed by atoms with van der Waals surface area (Å²) in [5.41, 5.74) is 2.48. The number of aromatic hydroxyl groups is 1. The highest BCUT2D eigenvalue weighted by molar-refractivity contribution is 7.56. The summed E-state index contributed by atoms with van der Waals surface area (Å²) in [6.45, 7) is 11.1. The highest BCUT2D eigenvalue weighted by atomic mass is 31.2. The average molecular weight is 382 g/mol. The van der Waals surface area contributed by atoms with Gasteiger partial charge in [-0.1, -0.05) is 33.8 Å². The number of allylic oxidation sites excluding steroid dienone is 1. The molecule has 1 aromatic rings. The second-order valence-corrected chi connectivity index (χ2v) is 10.3. The fourth-order valence-corrected chi connectivity index (χ4v) is 4.13. The van der Waals surface area contributed by atoms with E-state index in [4.69, 9.17) is 9.05 Å². The lowest BCUT2D eigenvalue weighted by molar-refractivity contribution is -0.116. The molecule has 0 unspecified atom stereocenters. The normalized spacial score (nSPS) is 13.2. The van der Waals surface area contributed by atoms with Crippen molar-refractivity contribution in [2.45, 2.75) is 58.5 Å². The molecule has 146 valence electrons. The van der Waals surface area contributed by atoms with Gasteiger partial charge >= 0.3 is 7.60 Å². The van der Waals surface area contributed by atoms with Crippen molar-refractivity contribution in [3.8, 4) is 5.75 Å². The van der Waals surface area contributed by atoms with Crippen molar-refractivity contribution in [1.82, 2.24) is 0 Å². The first-order valence-corrected chi connectivity index (χ1v) is 10.3. The van der Waals surface area contributed by atoms with E-state index in [9.17, 15) is 14.5 Å². The number of hydrogen-bond donors (Lipinski definition) is 1. The maximum absolute atomic E-state index is 12.6. The quantitative estimate of drug-likeness (QED) is 0.476. The van der Waals surface area contributed by atoms with Gasteiger partial charge in [-0.05, 0) is 60.6 Å². The molecule has 0 aliphatic heterocycles. The van der Waals surface area contributed by atoms with Crippen LogP contribution >= 0.6 is 7.60 Å². The predicted molar refractivity (Wildman–Crippen MR) is 106 cm³/mol. The van der Waals surface area contributed by atoms with Gasteiger partial charge in [-0.25, -0.2) is 0 Å². The molecule has 1 rings (SSSR count). The number of rotatable bonds is 8. The minimum atomic E-state index is -3.56. The summed E-state index contributed by atoms with van der Waals surface area (Å²) in [7, 11) is -1.02. The molecular weight excluding hydrogens is 351 g/mol. The summed E-state index contributed by atoms with van der Waals surface area (Å²) < 4.78 is 22.6. The molecule has 6 heteroatoms. The van der Waals surface area contributed by atoms with Crippen LogP contribution in [-0.2, 0) is 18.4 Å². The molecule has 0 heterocycles. The number of phenolic OH excluding ortho intramolecular Hbond substituents is 1. The zero-order chi connectivity index (χ0) is 20.3. The molecule has 26 heavy (non-hydrogen) atoms. The van der Waals surface area contributed by atoms with Gasteiger partial charge in [0.1, 0.15) is 10.9 Å². The molecule has 1 aromatic carbocycles. The third-order valence-electron chi connectivity index (χ3n) is 4.63. The van der Waals surface area contributed by atoms with Crippen LogP contribution in [0.2, 0.25) is 0 Å². The van der Waals surface area contributed by atoms with Crippen LogP contribution in [-0.4, -0.2) is 30.3 Å². The largest absolute Gasteiger partial charge is 0.507 e. The summed E-state index contributed by atoms with van der Waals surface area (Å²) in [5, 5.41) is 9.17. The highest BCUT2D eigenvalue weighted by Gasteiger charge is 2.46. The van der Waals surface area contributed by atoms with E-state index in [-0.39, 0.29) is 17.6 Å². The summed E-state index contributed by atoms with van der Waals surface area (Å²) in [5.74, 6) is 0.252. The van der Waals surface area contributed by atoms with Crippen LogP contribution in [0.3, 0.4) is 0 Å². The summed E-state index contributed by atoms with van der Waals surface area (Å²) in [4.78, 5) is 12.6. The standard InChI is InChI=1S/C20H31O5P/c1-13(2)16-11-15(12-17(14(3)4)19(16)22)9-10-18(21)20(5,6)26(23,24-7)25-8/h9-14,22H,1-8H3/b10-9+. The van der Waals surface area contributed by atoms with Gasteiger partial charge in [-0.15, -0.1) is 0 Å². The van der Waals surface area contributed by atoms with E-state index in [0.717, 1.165) is 16.7 Å². The van der Waals surface area contributed by atoms with Gasteiger partial charge in [0.25, 0.3) is 0 Å². The molecule has 0 amide bonds. The predicted octanol–water partition coefficient (Wildman–Crippen LogP) is 5.49. The Bertz CT molecular complexity index is 695. The lowest BCUT2D eigenvalue weighted by Gasteiger charge is -2.28. The zero-order valence-corrected chi connectivity index (χ0v) is 17.9. The topological polar surface area (TPSA) is 72.8 Å². The van der Waals surface area contributed by atoms with Crippen molar-refractivity contribution in [3.05, 3.63) is 34.9 Å². The highest BCUT2D eigenvalue weighted by Crippen LogP contribution is 2.59. The number of hydrogen-bond acceptors (Lipinski definition) is 5. The van der Waals surface area contributed by atoms with E-state index >= 15 is 0 Å². The fraction of sp³-hybridized carbons (Fsp3) is 0.550. The molecule has 0 aliphatic rings. The summed E-state index contributed by atoms with van der Waals surface area (Å²) in [6, 6.07) is 3.74. The van der Waals surface area contributed by atoms with E-state index in [1.54, 1.807) is 19.9 Å². The Balaban J connectivity index is 3.30. The van der Waals surface area contributed by atoms with Crippen molar-refractivity contribution in [2.24, 2.45) is 0 Å². The Labute approximate surface area is 156 Å². The molecule has 0 saturated heterocycles. The molecule has 5 nitrogen and oxygen atoms in total. The lowest BCUT2D eigenvalue weighted by Crippen LogP contribution is -2.31. The van der Waals surface area contributed by atoms with Gasteiger partial charge in [-0.3, -0.25) is 9.36 Å². The van der Waals surface area contributed by atoms with Crippen molar-refractivity contribution < 1.29 is 23.5 Å². The maximum Gasteiger partial charge on any atom is 0.343 e. The van der Waals surface area contributed by atoms with Crippen LogP contribution in [0.1, 0.15) is 70.1 Å². The van der Waals surface area contributed by atoms with E-state index in [2.05, 4.69) is 0 Å². The molecule has 0 bridgehead atoms. The fourth-order valence-electron chi connectivity index (χ4n) is 2.72. The zero-order valence-electron chi connectivity index (χ0n) is 17.0. The molecule has 0 aromatic heterocycles. The van der Waals surface area contributed by atoms with Crippen LogP contribution in [0.15, 0.2) is 18.2 Å². The molecule has 0 aliphatic carbocycles. The number of ketones is 1. The SMILES string of the molecule is COP(=O)(OC)C(C)(C)C(=O)/C=C/c1cc(C(C)C)c(O)c(C(C)C)c1. The molecule has 1 N–H and O–H groups in total. The molecule has 0 radical (unpaired) electrons. The van der Waals surface area contributed by atoms with Crippen LogP contribution in [0.4, 0.5) is 0 Å². The third kappa shape index (κ3) is 4.46. The van der Waals surface area contributed by atoms with Crippen LogP contribution in [0.5, 0.6) is 5.75 Å². The molecule has 0 spiro atoms. The first-order chi connectivity index (χ1) is 11.9. The van der Waals surface area contributed by atoms with E-state index in [0.29, 0.717) is 5.75 Å². The Hall–Kier alpha value is -1.42. The third-order valence-corrected chi connectivity index (χ3v) is 7.18. The lowest BCUT2D eigenvalue weighted by atomic mass is 9.91. The number of benzene rings is 1. The van der Waals surface area contributed by atoms with Crippen molar-refractivity contribution in [1.29, 1.82) is 0 Å². The van der Waals surface area contributed by atoms with Gasteiger partial charge < -0.3 is 14.2 Å². The molecule has 0 atom stereocenters. The minimum absolute atomic E-state index is 0.148. The number of phenols is 1. The van der Waals surface area contributed by atoms with Gasteiger partial charge in [0, 0.05) is 14.2 Å². The Morgan fingerprint density at radius 1 is 1.08 bits per heavy atom. The Morgan fingerprint density at radius 3 is 1.85 bits per heavy atom. The monoisotopic (exact) mass is 382 g/mol. The van der Waals surface area contributed by atoms with Crippen molar-refractivity contribution >= 4 is 19.5 Å². The minimum Gasteiger partial charge on any atom is -0.507 e. The molecule has 0 fully saturated rings. The molecular formula is C20H31O5P. The van der Waals surface area contributed by atoms with E-state index in [1.165, 1.54) is 20.3 Å². The summed E-state index contributed by atoms with van der Waals surface area (Å²) >= 11 is 0. The summed E-state index contributed by atoms with van der Waals surface area (Å²) in [6.07, 6.45) is 3.07. The van der Waals surface area contributed by atoms with Crippen molar-refractivity contribution in [2.75, 3.05) is 14.2 Å². The van der Waals surface area contributed by atoms with Crippen LogP contribution in [0, 0.1) is 0 Å². The van der Waals surface area contributed by atoms with Gasteiger partial charge in [0.2, 0.25) is 0 Å². The molecule has 0 saturated carbocycles. The van der Waals surface area contributed by atoms with E-state index < -0.39 is 12.8 Å². The van der Waals surface area contributed by atoms with Crippen LogP contribution < -0.4 is 0 Å².